The zero-order chi connectivity index (χ0) is 19.1. The molecule has 1 aromatic carbocycles. The van der Waals surface area contributed by atoms with Gasteiger partial charge in [-0.05, 0) is 55.7 Å². The molecule has 0 saturated carbocycles. The average Bonchev–Trinajstić information content (AvgIpc) is 3.21. The first kappa shape index (κ1) is 22.3. The van der Waals surface area contributed by atoms with Crippen molar-refractivity contribution in [3.63, 3.8) is 0 Å². The van der Waals surface area contributed by atoms with E-state index in [1.54, 1.807) is 6.20 Å². The number of halogens is 3. The number of guanidine groups is 1. The van der Waals surface area contributed by atoms with Gasteiger partial charge in [-0.2, -0.15) is 0 Å². The quantitative estimate of drug-likeness (QED) is 0.359. The number of hydrogen-bond donors (Lipinski definition) is 2. The van der Waals surface area contributed by atoms with Gasteiger partial charge in [0.25, 0.3) is 0 Å². The molecule has 1 aliphatic heterocycles. The molecule has 152 valence electrons. The summed E-state index contributed by atoms with van der Waals surface area (Å²) in [6.45, 7) is 5.35. The van der Waals surface area contributed by atoms with Crippen LogP contribution < -0.4 is 15.5 Å². The predicted octanol–water partition coefficient (Wildman–Crippen LogP) is 3.83. The largest absolute Gasteiger partial charge is 0.357 e. The standard InChI is InChI=1S/C20H25F2N5.HI/c1-2-23-20(26-14-16-12-17(21)5-6-18(16)22)25-13-15-7-8-24-19(11-15)27-9-3-4-10-27;/h5-8,11-12H,2-4,9-10,13-14H2,1H3,(H2,23,25,26);1H. The Morgan fingerprint density at radius 3 is 2.68 bits per heavy atom. The van der Waals surface area contributed by atoms with E-state index in [2.05, 4.69) is 31.6 Å². The summed E-state index contributed by atoms with van der Waals surface area (Å²) in [7, 11) is 0. The van der Waals surface area contributed by atoms with Crippen LogP contribution in [-0.2, 0) is 13.1 Å². The highest BCUT2D eigenvalue weighted by molar-refractivity contribution is 14.0. The highest BCUT2D eigenvalue weighted by Gasteiger charge is 2.13. The van der Waals surface area contributed by atoms with Crippen LogP contribution in [0.25, 0.3) is 0 Å². The minimum atomic E-state index is -0.457. The summed E-state index contributed by atoms with van der Waals surface area (Å²) >= 11 is 0. The molecule has 0 spiro atoms. The second kappa shape index (κ2) is 11.1. The predicted molar refractivity (Wildman–Crippen MR) is 119 cm³/mol. The number of rotatable bonds is 6. The molecule has 1 fully saturated rings. The van der Waals surface area contributed by atoms with Gasteiger partial charge in [0, 0.05) is 37.9 Å². The van der Waals surface area contributed by atoms with Crippen molar-refractivity contribution in [2.24, 2.45) is 4.99 Å². The van der Waals surface area contributed by atoms with E-state index in [0.29, 0.717) is 19.0 Å². The smallest absolute Gasteiger partial charge is 0.191 e. The molecule has 1 saturated heterocycles. The van der Waals surface area contributed by atoms with Crippen LogP contribution in [-0.4, -0.2) is 30.6 Å². The molecule has 28 heavy (non-hydrogen) atoms. The lowest BCUT2D eigenvalue weighted by molar-refractivity contribution is 0.581. The minimum absolute atomic E-state index is 0. The van der Waals surface area contributed by atoms with E-state index in [9.17, 15) is 8.78 Å². The number of nitrogens with zero attached hydrogens (tertiary/aromatic N) is 3. The fourth-order valence-electron chi connectivity index (χ4n) is 3.05. The first-order chi connectivity index (χ1) is 13.2. The van der Waals surface area contributed by atoms with Crippen LogP contribution in [0.1, 0.15) is 30.9 Å². The van der Waals surface area contributed by atoms with Gasteiger partial charge in [0.1, 0.15) is 17.5 Å². The lowest BCUT2D eigenvalue weighted by Crippen LogP contribution is -2.37. The minimum Gasteiger partial charge on any atom is -0.357 e. The third-order valence-corrected chi connectivity index (χ3v) is 4.46. The maximum absolute atomic E-state index is 13.8. The first-order valence-corrected chi connectivity index (χ1v) is 9.31. The van der Waals surface area contributed by atoms with Crippen molar-refractivity contribution in [3.8, 4) is 0 Å². The highest BCUT2D eigenvalue weighted by atomic mass is 127. The Kier molecular flexibility index (Phi) is 8.88. The van der Waals surface area contributed by atoms with Crippen LogP contribution in [0.2, 0.25) is 0 Å². The number of benzene rings is 1. The summed E-state index contributed by atoms with van der Waals surface area (Å²) in [4.78, 5) is 11.3. The molecule has 3 rings (SSSR count). The summed E-state index contributed by atoms with van der Waals surface area (Å²) in [6.07, 6.45) is 4.21. The molecule has 5 nitrogen and oxygen atoms in total. The van der Waals surface area contributed by atoms with Gasteiger partial charge in [-0.15, -0.1) is 24.0 Å². The number of aromatic nitrogens is 1. The Morgan fingerprint density at radius 1 is 1.14 bits per heavy atom. The van der Waals surface area contributed by atoms with Crippen molar-refractivity contribution in [2.75, 3.05) is 24.5 Å². The molecule has 0 radical (unpaired) electrons. The highest BCUT2D eigenvalue weighted by Crippen LogP contribution is 2.18. The lowest BCUT2D eigenvalue weighted by atomic mass is 10.2. The fourth-order valence-corrected chi connectivity index (χ4v) is 3.05. The third-order valence-electron chi connectivity index (χ3n) is 4.46. The summed E-state index contributed by atoms with van der Waals surface area (Å²) < 4.78 is 27.1. The van der Waals surface area contributed by atoms with E-state index < -0.39 is 11.6 Å². The summed E-state index contributed by atoms with van der Waals surface area (Å²) in [6, 6.07) is 7.44. The zero-order valence-electron chi connectivity index (χ0n) is 15.9. The van der Waals surface area contributed by atoms with Crippen LogP contribution in [0.15, 0.2) is 41.5 Å². The Hall–Kier alpha value is -1.97. The summed E-state index contributed by atoms with van der Waals surface area (Å²) in [5.74, 6) is 0.645. The molecule has 1 aromatic heterocycles. The van der Waals surface area contributed by atoms with Crippen LogP contribution in [0.4, 0.5) is 14.6 Å². The average molecular weight is 501 g/mol. The molecule has 0 atom stereocenters. The second-order valence-corrected chi connectivity index (χ2v) is 6.50. The van der Waals surface area contributed by atoms with Crippen molar-refractivity contribution in [1.29, 1.82) is 0 Å². The molecule has 2 aromatic rings. The maximum atomic E-state index is 13.8. The van der Waals surface area contributed by atoms with Crippen molar-refractivity contribution in [3.05, 3.63) is 59.3 Å². The Labute approximate surface area is 181 Å². The van der Waals surface area contributed by atoms with Crippen molar-refractivity contribution < 1.29 is 8.78 Å². The topological polar surface area (TPSA) is 52.6 Å². The van der Waals surface area contributed by atoms with Crippen molar-refractivity contribution >= 4 is 35.8 Å². The van der Waals surface area contributed by atoms with E-state index in [1.165, 1.54) is 18.9 Å². The van der Waals surface area contributed by atoms with Gasteiger partial charge in [-0.1, -0.05) is 0 Å². The van der Waals surface area contributed by atoms with Gasteiger partial charge in [0.2, 0.25) is 0 Å². The summed E-state index contributed by atoms with van der Waals surface area (Å²) in [5, 5.41) is 6.17. The molecule has 2 N–H and O–H groups in total. The van der Waals surface area contributed by atoms with E-state index in [0.717, 1.165) is 36.6 Å². The summed E-state index contributed by atoms with van der Waals surface area (Å²) in [5.41, 5.74) is 1.32. The number of nitrogens with one attached hydrogen (secondary N) is 2. The second-order valence-electron chi connectivity index (χ2n) is 6.50. The molecule has 2 heterocycles. The van der Waals surface area contributed by atoms with Crippen molar-refractivity contribution in [1.82, 2.24) is 15.6 Å². The zero-order valence-corrected chi connectivity index (χ0v) is 18.3. The van der Waals surface area contributed by atoms with Crippen molar-refractivity contribution in [2.45, 2.75) is 32.9 Å². The molecule has 0 aliphatic carbocycles. The van der Waals surface area contributed by atoms with Gasteiger partial charge >= 0.3 is 0 Å². The number of pyridine rings is 1. The van der Waals surface area contributed by atoms with E-state index >= 15 is 0 Å². The van der Waals surface area contributed by atoms with Crippen LogP contribution >= 0.6 is 24.0 Å². The van der Waals surface area contributed by atoms with Gasteiger partial charge in [0.05, 0.1) is 6.54 Å². The molecule has 1 aliphatic rings. The Bertz CT molecular complexity index is 794. The Morgan fingerprint density at radius 2 is 1.93 bits per heavy atom. The normalized spacial score (nSPS) is 14.0. The molecular weight excluding hydrogens is 475 g/mol. The van der Waals surface area contributed by atoms with Gasteiger partial charge in [0.15, 0.2) is 5.96 Å². The molecule has 8 heteroatoms. The van der Waals surface area contributed by atoms with Crippen LogP contribution in [0, 0.1) is 11.6 Å². The molecule has 0 bridgehead atoms. The van der Waals surface area contributed by atoms with Gasteiger partial charge in [-0.25, -0.2) is 18.8 Å². The monoisotopic (exact) mass is 501 g/mol. The van der Waals surface area contributed by atoms with E-state index in [-0.39, 0.29) is 36.1 Å². The van der Waals surface area contributed by atoms with Gasteiger partial charge < -0.3 is 15.5 Å². The maximum Gasteiger partial charge on any atom is 0.191 e. The number of anilines is 1. The third kappa shape index (κ3) is 6.29. The number of hydrogen-bond acceptors (Lipinski definition) is 3. The lowest BCUT2D eigenvalue weighted by Gasteiger charge is -2.16. The molecule has 0 unspecified atom stereocenters. The van der Waals surface area contributed by atoms with E-state index in [4.69, 9.17) is 0 Å². The fraction of sp³-hybridized carbons (Fsp3) is 0.400. The first-order valence-electron chi connectivity index (χ1n) is 9.31. The van der Waals surface area contributed by atoms with Crippen LogP contribution in [0.5, 0.6) is 0 Å². The molecule has 0 amide bonds. The number of aliphatic imine (C=N–C) groups is 1. The van der Waals surface area contributed by atoms with E-state index in [1.807, 2.05) is 13.0 Å². The SMILES string of the molecule is CCNC(=NCc1ccnc(N2CCCC2)c1)NCc1cc(F)ccc1F.I. The Balaban J connectivity index is 0.00000280. The molecular formula is C20H26F2IN5. The van der Waals surface area contributed by atoms with Crippen LogP contribution in [0.3, 0.4) is 0 Å². The van der Waals surface area contributed by atoms with Gasteiger partial charge in [-0.3, -0.25) is 0 Å².